The van der Waals surface area contributed by atoms with Crippen LogP contribution in [0.3, 0.4) is 0 Å². The van der Waals surface area contributed by atoms with Crippen molar-refractivity contribution in [2.24, 2.45) is 0 Å². The first-order chi connectivity index (χ1) is 8.97. The van der Waals surface area contributed by atoms with E-state index in [1.165, 1.54) is 16.2 Å². The van der Waals surface area contributed by atoms with Gasteiger partial charge in [-0.05, 0) is 26.7 Å². The second-order valence-electron chi connectivity index (χ2n) is 4.90. The van der Waals surface area contributed by atoms with E-state index in [4.69, 9.17) is 5.11 Å². The zero-order valence-electron chi connectivity index (χ0n) is 10.9. The fourth-order valence-corrected chi connectivity index (χ4v) is 2.49. The van der Waals surface area contributed by atoms with Crippen LogP contribution < -0.4 is 5.32 Å². The molecule has 1 aliphatic carbocycles. The molecular weight excluding hydrogens is 266 g/mol. The zero-order valence-corrected chi connectivity index (χ0v) is 11.7. The predicted octanol–water partition coefficient (Wildman–Crippen LogP) is 2.35. The Morgan fingerprint density at radius 1 is 1.58 bits per heavy atom. The quantitative estimate of drug-likeness (QED) is 0.869. The molecule has 0 spiro atoms. The summed E-state index contributed by atoms with van der Waals surface area (Å²) >= 11 is 1.38. The van der Waals surface area contributed by atoms with Gasteiger partial charge in [-0.1, -0.05) is 0 Å². The lowest BCUT2D eigenvalue weighted by molar-refractivity contribution is -0.137. The number of nitrogens with zero attached hydrogens (tertiary/aromatic N) is 2. The minimum absolute atomic E-state index is 0.182. The van der Waals surface area contributed by atoms with Gasteiger partial charge in [-0.3, -0.25) is 10.1 Å². The van der Waals surface area contributed by atoms with Gasteiger partial charge < -0.3 is 10.0 Å². The highest BCUT2D eigenvalue weighted by Crippen LogP contribution is 2.40. The van der Waals surface area contributed by atoms with Gasteiger partial charge in [-0.2, -0.15) is 0 Å². The van der Waals surface area contributed by atoms with Crippen molar-refractivity contribution in [2.75, 3.05) is 11.9 Å². The third-order valence-electron chi connectivity index (χ3n) is 2.92. The number of carbonyl (C=O) groups excluding carboxylic acids is 1. The molecule has 0 aromatic carbocycles. The zero-order chi connectivity index (χ0) is 14.0. The van der Waals surface area contributed by atoms with E-state index in [1.54, 1.807) is 13.8 Å². The predicted molar refractivity (Wildman–Crippen MR) is 72.6 cm³/mol. The van der Waals surface area contributed by atoms with Crippen molar-refractivity contribution in [3.05, 3.63) is 11.1 Å². The van der Waals surface area contributed by atoms with Crippen LogP contribution in [0.4, 0.5) is 9.93 Å². The molecule has 1 aromatic rings. The Morgan fingerprint density at radius 3 is 2.79 bits per heavy atom. The first-order valence-corrected chi connectivity index (χ1v) is 7.10. The van der Waals surface area contributed by atoms with E-state index in [0.717, 1.165) is 18.5 Å². The van der Waals surface area contributed by atoms with Crippen LogP contribution in [0, 0.1) is 0 Å². The second-order valence-corrected chi connectivity index (χ2v) is 5.76. The van der Waals surface area contributed by atoms with Crippen LogP contribution in [0.1, 0.15) is 38.3 Å². The van der Waals surface area contributed by atoms with E-state index in [2.05, 4.69) is 10.3 Å². The number of carbonyl (C=O) groups is 2. The van der Waals surface area contributed by atoms with Crippen LogP contribution in [0.15, 0.2) is 5.38 Å². The van der Waals surface area contributed by atoms with E-state index in [0.29, 0.717) is 11.0 Å². The molecule has 0 atom stereocenters. The molecule has 6 nitrogen and oxygen atoms in total. The first-order valence-electron chi connectivity index (χ1n) is 6.22. The summed E-state index contributed by atoms with van der Waals surface area (Å²) in [5, 5.41) is 13.9. The van der Waals surface area contributed by atoms with Gasteiger partial charge in [0.25, 0.3) is 0 Å². The van der Waals surface area contributed by atoms with E-state index in [-0.39, 0.29) is 12.6 Å². The highest BCUT2D eigenvalue weighted by Gasteiger charge is 2.27. The highest BCUT2D eigenvalue weighted by molar-refractivity contribution is 7.13. The minimum Gasteiger partial charge on any atom is -0.480 e. The summed E-state index contributed by atoms with van der Waals surface area (Å²) < 4.78 is 0. The lowest BCUT2D eigenvalue weighted by atomic mass is 10.3. The summed E-state index contributed by atoms with van der Waals surface area (Å²) in [5.74, 6) is -0.483. The molecule has 2 amide bonds. The molecule has 1 saturated carbocycles. The number of rotatable bonds is 5. The second kappa shape index (κ2) is 5.56. The summed E-state index contributed by atoms with van der Waals surface area (Å²) in [6.07, 6.45) is 2.32. The van der Waals surface area contributed by atoms with Crippen molar-refractivity contribution < 1.29 is 14.7 Å². The summed E-state index contributed by atoms with van der Waals surface area (Å²) in [6.45, 7) is 3.24. The highest BCUT2D eigenvalue weighted by atomic mass is 32.1. The van der Waals surface area contributed by atoms with Gasteiger partial charge in [-0.15, -0.1) is 11.3 Å². The Kier molecular flexibility index (Phi) is 4.04. The van der Waals surface area contributed by atoms with Gasteiger partial charge in [0.15, 0.2) is 5.13 Å². The van der Waals surface area contributed by atoms with Crippen molar-refractivity contribution in [3.8, 4) is 0 Å². The number of urea groups is 1. The van der Waals surface area contributed by atoms with Crippen molar-refractivity contribution in [1.82, 2.24) is 9.88 Å². The molecule has 104 valence electrons. The third-order valence-corrected chi connectivity index (χ3v) is 3.70. The molecule has 1 aromatic heterocycles. The van der Waals surface area contributed by atoms with Crippen LogP contribution in [-0.2, 0) is 4.79 Å². The van der Waals surface area contributed by atoms with Crippen molar-refractivity contribution >= 4 is 28.5 Å². The van der Waals surface area contributed by atoms with Gasteiger partial charge >= 0.3 is 12.0 Å². The van der Waals surface area contributed by atoms with E-state index < -0.39 is 12.0 Å². The van der Waals surface area contributed by atoms with Gasteiger partial charge in [0.05, 0.1) is 5.69 Å². The van der Waals surface area contributed by atoms with E-state index in [1.807, 2.05) is 5.38 Å². The fourth-order valence-electron chi connectivity index (χ4n) is 1.71. The molecule has 0 radical (unpaired) electrons. The van der Waals surface area contributed by atoms with Crippen LogP contribution in [0.5, 0.6) is 0 Å². The molecule has 1 fully saturated rings. The van der Waals surface area contributed by atoms with Crippen LogP contribution in [0.25, 0.3) is 0 Å². The van der Waals surface area contributed by atoms with Crippen molar-refractivity contribution in [3.63, 3.8) is 0 Å². The number of carboxylic acid groups (broad SMARTS) is 1. The van der Waals surface area contributed by atoms with E-state index in [9.17, 15) is 9.59 Å². The van der Waals surface area contributed by atoms with Gasteiger partial charge in [0.1, 0.15) is 6.54 Å². The molecule has 2 N–H and O–H groups in total. The number of nitrogens with one attached hydrogen (secondary N) is 1. The Hall–Kier alpha value is -1.63. The third kappa shape index (κ3) is 3.66. The number of thiazole rings is 1. The van der Waals surface area contributed by atoms with Crippen molar-refractivity contribution in [1.29, 1.82) is 0 Å². The lowest BCUT2D eigenvalue weighted by Crippen LogP contribution is -2.43. The van der Waals surface area contributed by atoms with Crippen LogP contribution in [0.2, 0.25) is 0 Å². The number of hydrogen-bond donors (Lipinski definition) is 2. The number of aliphatic carboxylic acids is 1. The molecule has 0 saturated heterocycles. The number of carboxylic acids is 1. The molecule has 1 aliphatic rings. The first kappa shape index (κ1) is 13.8. The molecular formula is C12H17N3O3S. The number of aromatic nitrogens is 1. The molecule has 19 heavy (non-hydrogen) atoms. The fraction of sp³-hybridized carbons (Fsp3) is 0.583. The van der Waals surface area contributed by atoms with Gasteiger partial charge in [0.2, 0.25) is 0 Å². The molecule has 0 unspecified atom stereocenters. The Morgan fingerprint density at radius 2 is 2.26 bits per heavy atom. The van der Waals surface area contributed by atoms with Crippen LogP contribution in [-0.4, -0.2) is 39.6 Å². The van der Waals surface area contributed by atoms with Crippen LogP contribution >= 0.6 is 11.3 Å². The smallest absolute Gasteiger partial charge is 0.324 e. The Balaban J connectivity index is 1.98. The lowest BCUT2D eigenvalue weighted by Gasteiger charge is -2.24. The average molecular weight is 283 g/mol. The maximum absolute atomic E-state index is 12.0. The monoisotopic (exact) mass is 283 g/mol. The molecule has 0 aliphatic heterocycles. The molecule has 1 heterocycles. The topological polar surface area (TPSA) is 82.5 Å². The summed E-state index contributed by atoms with van der Waals surface area (Å²) in [6, 6.07) is -0.604. The van der Waals surface area contributed by atoms with Gasteiger partial charge in [0, 0.05) is 17.3 Å². The molecule has 2 rings (SSSR count). The number of hydrogen-bond acceptors (Lipinski definition) is 4. The number of amides is 2. The summed E-state index contributed by atoms with van der Waals surface area (Å²) in [7, 11) is 0. The maximum Gasteiger partial charge on any atom is 0.324 e. The van der Waals surface area contributed by atoms with E-state index >= 15 is 0 Å². The van der Waals surface area contributed by atoms with Crippen molar-refractivity contribution in [2.45, 2.75) is 38.6 Å². The summed E-state index contributed by atoms with van der Waals surface area (Å²) in [5.41, 5.74) is 1.02. The maximum atomic E-state index is 12.0. The number of anilines is 1. The minimum atomic E-state index is -1.03. The molecule has 7 heteroatoms. The Bertz CT molecular complexity index is 482. The molecule has 0 bridgehead atoms. The SMILES string of the molecule is CC(C)N(CC(=O)O)C(=O)Nc1nc(C2CC2)cs1. The normalized spacial score (nSPS) is 14.5. The Labute approximate surface area is 115 Å². The average Bonchev–Trinajstić information content (AvgIpc) is 3.07. The largest absolute Gasteiger partial charge is 0.480 e. The summed E-state index contributed by atoms with van der Waals surface area (Å²) in [4.78, 5) is 28.4. The standard InChI is InChI=1S/C12H17N3O3S/c1-7(2)15(5-10(16)17)12(18)14-11-13-9(6-19-11)8-3-4-8/h6-8H,3-5H2,1-2H3,(H,16,17)(H,13,14,18). The van der Waals surface area contributed by atoms with Gasteiger partial charge in [-0.25, -0.2) is 9.78 Å².